The van der Waals surface area contributed by atoms with Crippen LogP contribution in [0.4, 0.5) is 0 Å². The molecule has 7 heteroatoms. The van der Waals surface area contributed by atoms with Gasteiger partial charge in [0.15, 0.2) is 0 Å². The van der Waals surface area contributed by atoms with E-state index < -0.39 is 6.10 Å². The molecule has 37 heavy (non-hydrogen) atoms. The van der Waals surface area contributed by atoms with Gasteiger partial charge in [0, 0.05) is 18.5 Å². The lowest BCUT2D eigenvalue weighted by atomic mass is 9.93. The molecule has 0 saturated heterocycles. The fourth-order valence-corrected chi connectivity index (χ4v) is 4.16. The molecule has 0 bridgehead atoms. The number of benzene rings is 3. The van der Waals surface area contributed by atoms with E-state index in [1.165, 1.54) is 16.3 Å². The molecule has 3 rings (SSSR count). The average molecular weight is 525 g/mol. The van der Waals surface area contributed by atoms with E-state index >= 15 is 0 Å². The second kappa shape index (κ2) is 14.6. The standard InChI is InChI=1S/C30H36N2O4.ClH/c1-4-35-29(34)11-7-8-22-12-15-26(19-31)28(17-22)36-21-27(33)20-32-30(2,3)18-23-13-14-24-9-5-6-10-25(24)16-23;/h5-6,9-10,12-17,27,32-33H,4,7-8,11,18,20-21H2,1-3H3;1H/t27-;/m1./s1. The number of carbonyl (C=O) groups excluding carboxylic acids is 1. The Morgan fingerprint density at radius 3 is 2.54 bits per heavy atom. The lowest BCUT2D eigenvalue weighted by Crippen LogP contribution is -2.46. The maximum Gasteiger partial charge on any atom is 0.305 e. The molecule has 0 fully saturated rings. The number of carbonyl (C=O) groups is 1. The highest BCUT2D eigenvalue weighted by Crippen LogP contribution is 2.22. The van der Waals surface area contributed by atoms with E-state index in [4.69, 9.17) is 9.47 Å². The summed E-state index contributed by atoms with van der Waals surface area (Å²) in [6.45, 7) is 6.83. The van der Waals surface area contributed by atoms with Crippen LogP contribution in [0.15, 0.2) is 60.7 Å². The van der Waals surface area contributed by atoms with Crippen molar-refractivity contribution in [1.29, 1.82) is 5.26 Å². The van der Waals surface area contributed by atoms with E-state index in [2.05, 4.69) is 55.6 Å². The van der Waals surface area contributed by atoms with Crippen molar-refractivity contribution in [3.63, 3.8) is 0 Å². The van der Waals surface area contributed by atoms with Gasteiger partial charge in [-0.3, -0.25) is 4.79 Å². The van der Waals surface area contributed by atoms with Crippen LogP contribution in [-0.2, 0) is 22.4 Å². The van der Waals surface area contributed by atoms with Gasteiger partial charge in [-0.1, -0.05) is 48.5 Å². The zero-order valence-corrected chi connectivity index (χ0v) is 22.6. The number of fused-ring (bicyclic) bond motifs is 1. The van der Waals surface area contributed by atoms with Crippen LogP contribution in [0.25, 0.3) is 10.8 Å². The minimum Gasteiger partial charge on any atom is -0.489 e. The zero-order valence-electron chi connectivity index (χ0n) is 21.8. The van der Waals surface area contributed by atoms with E-state index in [0.29, 0.717) is 43.7 Å². The topological polar surface area (TPSA) is 91.6 Å². The van der Waals surface area contributed by atoms with Crippen LogP contribution < -0.4 is 10.1 Å². The monoisotopic (exact) mass is 524 g/mol. The first-order chi connectivity index (χ1) is 17.3. The predicted octanol–water partition coefficient (Wildman–Crippen LogP) is 5.37. The number of nitrogens with one attached hydrogen (secondary N) is 1. The van der Waals surface area contributed by atoms with Gasteiger partial charge in [0.1, 0.15) is 24.5 Å². The van der Waals surface area contributed by atoms with Crippen molar-refractivity contribution in [2.75, 3.05) is 19.8 Å². The highest BCUT2D eigenvalue weighted by atomic mass is 35.5. The Hall–Kier alpha value is -3.11. The molecule has 0 radical (unpaired) electrons. The third-order valence-corrected chi connectivity index (χ3v) is 6.03. The molecule has 0 heterocycles. The third-order valence-electron chi connectivity index (χ3n) is 6.03. The van der Waals surface area contributed by atoms with Gasteiger partial charge in [0.05, 0.1) is 12.2 Å². The zero-order chi connectivity index (χ0) is 26.0. The van der Waals surface area contributed by atoms with Gasteiger partial charge in [-0.2, -0.15) is 5.26 Å². The summed E-state index contributed by atoms with van der Waals surface area (Å²) < 4.78 is 10.8. The third kappa shape index (κ3) is 9.70. The first kappa shape index (κ1) is 30.1. The minimum atomic E-state index is -0.736. The van der Waals surface area contributed by atoms with Crippen molar-refractivity contribution >= 4 is 29.1 Å². The van der Waals surface area contributed by atoms with Crippen molar-refractivity contribution < 1.29 is 19.4 Å². The summed E-state index contributed by atoms with van der Waals surface area (Å²) >= 11 is 0. The summed E-state index contributed by atoms with van der Waals surface area (Å²) in [4.78, 5) is 11.5. The molecule has 0 aliphatic rings. The van der Waals surface area contributed by atoms with E-state index in [1.807, 2.05) is 24.3 Å². The molecule has 0 aliphatic heterocycles. The molecule has 198 valence electrons. The van der Waals surface area contributed by atoms with Crippen LogP contribution in [0.3, 0.4) is 0 Å². The fourth-order valence-electron chi connectivity index (χ4n) is 4.16. The Balaban J connectivity index is 0.00000481. The number of halogens is 1. The molecule has 0 amide bonds. The second-order valence-electron chi connectivity index (χ2n) is 9.69. The summed E-state index contributed by atoms with van der Waals surface area (Å²) in [6, 6.07) is 22.3. The Kier molecular flexibility index (Phi) is 11.9. The quantitative estimate of drug-likeness (QED) is 0.292. The van der Waals surface area contributed by atoms with Gasteiger partial charge in [-0.05, 0) is 74.1 Å². The Bertz CT molecular complexity index is 1210. The average Bonchev–Trinajstić information content (AvgIpc) is 2.86. The largest absolute Gasteiger partial charge is 0.489 e. The molecule has 0 unspecified atom stereocenters. The van der Waals surface area contributed by atoms with Gasteiger partial charge in [-0.15, -0.1) is 12.4 Å². The second-order valence-corrected chi connectivity index (χ2v) is 9.69. The fraction of sp³-hybridized carbons (Fsp3) is 0.400. The molecule has 0 aromatic heterocycles. The van der Waals surface area contributed by atoms with Crippen molar-refractivity contribution in [2.24, 2.45) is 0 Å². The van der Waals surface area contributed by atoms with E-state index in [1.54, 1.807) is 13.0 Å². The van der Waals surface area contributed by atoms with Gasteiger partial charge in [-0.25, -0.2) is 0 Å². The van der Waals surface area contributed by atoms with Crippen LogP contribution in [0, 0.1) is 11.3 Å². The summed E-state index contributed by atoms with van der Waals surface area (Å²) in [5, 5.41) is 25.9. The van der Waals surface area contributed by atoms with Crippen LogP contribution in [0.1, 0.15) is 50.3 Å². The Morgan fingerprint density at radius 2 is 1.81 bits per heavy atom. The van der Waals surface area contributed by atoms with Gasteiger partial charge >= 0.3 is 5.97 Å². The number of nitrogens with zero attached hydrogens (tertiary/aromatic N) is 1. The van der Waals surface area contributed by atoms with Crippen LogP contribution in [-0.4, -0.2) is 42.5 Å². The van der Waals surface area contributed by atoms with Crippen LogP contribution >= 0.6 is 12.4 Å². The van der Waals surface area contributed by atoms with Crippen LogP contribution in [0.2, 0.25) is 0 Å². The van der Waals surface area contributed by atoms with Crippen LogP contribution in [0.5, 0.6) is 5.75 Å². The highest BCUT2D eigenvalue weighted by molar-refractivity contribution is 5.85. The minimum absolute atomic E-state index is 0. The molecule has 3 aromatic rings. The lowest BCUT2D eigenvalue weighted by molar-refractivity contribution is -0.143. The summed E-state index contributed by atoms with van der Waals surface area (Å²) in [5.41, 5.74) is 2.40. The maximum absolute atomic E-state index is 11.5. The Morgan fingerprint density at radius 1 is 1.08 bits per heavy atom. The summed E-state index contributed by atoms with van der Waals surface area (Å²) in [7, 11) is 0. The molecule has 2 N–H and O–H groups in total. The number of aliphatic hydroxyl groups is 1. The van der Waals surface area contributed by atoms with Crippen molar-refractivity contribution in [3.05, 3.63) is 77.4 Å². The van der Waals surface area contributed by atoms with E-state index in [0.717, 1.165) is 12.0 Å². The molecular weight excluding hydrogens is 488 g/mol. The first-order valence-electron chi connectivity index (χ1n) is 12.5. The Labute approximate surface area is 226 Å². The SMILES string of the molecule is CCOC(=O)CCCc1ccc(C#N)c(OC[C@H](O)CNC(C)(C)Cc2ccc3ccccc3c2)c1.Cl. The summed E-state index contributed by atoms with van der Waals surface area (Å²) in [5.74, 6) is 0.238. The number of rotatable bonds is 13. The number of esters is 1. The van der Waals surface area contributed by atoms with Crippen molar-refractivity contribution in [1.82, 2.24) is 5.32 Å². The number of hydrogen-bond donors (Lipinski definition) is 2. The predicted molar refractivity (Wildman–Crippen MR) is 149 cm³/mol. The maximum atomic E-state index is 11.5. The number of ether oxygens (including phenoxy) is 2. The molecular formula is C30H37ClN2O4. The molecule has 0 aliphatic carbocycles. The summed E-state index contributed by atoms with van der Waals surface area (Å²) in [6.07, 6.45) is 1.76. The molecule has 3 aromatic carbocycles. The lowest BCUT2D eigenvalue weighted by Gasteiger charge is -2.28. The van der Waals surface area contributed by atoms with Gasteiger partial charge < -0.3 is 19.9 Å². The number of hydrogen-bond acceptors (Lipinski definition) is 6. The van der Waals surface area contributed by atoms with Gasteiger partial charge in [0.2, 0.25) is 0 Å². The highest BCUT2D eigenvalue weighted by Gasteiger charge is 2.20. The normalized spacial score (nSPS) is 11.9. The van der Waals surface area contributed by atoms with Crippen molar-refractivity contribution in [2.45, 2.75) is 58.1 Å². The molecule has 0 spiro atoms. The number of β-amino-alcohol motifs (C(OH)–C–C–N with tert-alkyl or cyclic N) is 1. The number of aryl methyl sites for hydroxylation is 1. The van der Waals surface area contributed by atoms with E-state index in [9.17, 15) is 15.2 Å². The van der Waals surface area contributed by atoms with E-state index in [-0.39, 0.29) is 30.5 Å². The molecule has 1 atom stereocenters. The van der Waals surface area contributed by atoms with Gasteiger partial charge in [0.25, 0.3) is 0 Å². The first-order valence-corrected chi connectivity index (χ1v) is 12.5. The number of aliphatic hydroxyl groups excluding tert-OH is 1. The molecule has 0 saturated carbocycles. The number of nitriles is 1. The molecule has 6 nitrogen and oxygen atoms in total. The van der Waals surface area contributed by atoms with Crippen molar-refractivity contribution in [3.8, 4) is 11.8 Å². The smallest absolute Gasteiger partial charge is 0.305 e.